The Labute approximate surface area is 250 Å². The number of furan rings is 1. The number of rotatable bonds is 9. The van der Waals surface area contributed by atoms with Gasteiger partial charge in [0.1, 0.15) is 12.2 Å². The molecule has 0 aliphatic carbocycles. The van der Waals surface area contributed by atoms with E-state index in [4.69, 9.17) is 13.9 Å². The van der Waals surface area contributed by atoms with Gasteiger partial charge < -0.3 is 13.9 Å². The fourth-order valence-corrected chi connectivity index (χ4v) is 4.74. The van der Waals surface area contributed by atoms with Gasteiger partial charge in [-0.15, -0.1) is 0 Å². The molecule has 0 spiro atoms. The summed E-state index contributed by atoms with van der Waals surface area (Å²) in [6, 6.07) is 27.8. The van der Waals surface area contributed by atoms with Crippen molar-refractivity contribution in [3.8, 4) is 29.2 Å². The largest absolute Gasteiger partial charge is 0.490 e. The normalized spacial score (nSPS) is 11.2. The lowest BCUT2D eigenvalue weighted by atomic mass is 10.1. The number of ether oxygens (including phenoxy) is 2. The Morgan fingerprint density at radius 2 is 1.82 bits per heavy atom. The number of nitrogens with zero attached hydrogens (tertiary/aromatic N) is 5. The summed E-state index contributed by atoms with van der Waals surface area (Å²) in [5.41, 5.74) is 1.51. The lowest BCUT2D eigenvalue weighted by molar-refractivity contribution is -0.386. The van der Waals surface area contributed by atoms with Gasteiger partial charge in [0.15, 0.2) is 11.5 Å². The molecule has 2 heterocycles. The van der Waals surface area contributed by atoms with Crippen molar-refractivity contribution in [2.45, 2.75) is 13.5 Å². The number of aromatic nitrogens is 2. The van der Waals surface area contributed by atoms with Crippen LogP contribution in [-0.4, -0.2) is 27.4 Å². The second-order valence-electron chi connectivity index (χ2n) is 9.58. The van der Waals surface area contributed by atoms with Crippen LogP contribution in [0, 0.1) is 21.4 Å². The van der Waals surface area contributed by atoms with Crippen LogP contribution < -0.4 is 15.0 Å². The van der Waals surface area contributed by atoms with Crippen LogP contribution in [0.4, 0.5) is 5.69 Å². The van der Waals surface area contributed by atoms with Crippen LogP contribution in [0.25, 0.3) is 33.5 Å². The van der Waals surface area contributed by atoms with E-state index < -0.39 is 10.5 Å². The van der Waals surface area contributed by atoms with Gasteiger partial charge in [-0.2, -0.15) is 15.0 Å². The summed E-state index contributed by atoms with van der Waals surface area (Å²) in [6.07, 6.45) is 1.31. The van der Waals surface area contributed by atoms with Crippen LogP contribution in [-0.2, 0) is 6.61 Å². The average molecular weight is 586 g/mol. The zero-order valence-electron chi connectivity index (χ0n) is 23.3. The second kappa shape index (κ2) is 11.9. The summed E-state index contributed by atoms with van der Waals surface area (Å²) in [7, 11) is 0. The minimum absolute atomic E-state index is 0.0862. The number of nitro groups is 1. The van der Waals surface area contributed by atoms with Crippen molar-refractivity contribution < 1.29 is 18.8 Å². The number of hydrogen-bond acceptors (Lipinski definition) is 9. The molecular formula is C33H23N5O6. The van der Waals surface area contributed by atoms with Gasteiger partial charge in [0.2, 0.25) is 11.6 Å². The number of hydrogen-bond donors (Lipinski definition) is 0. The molecule has 0 fully saturated rings. The monoisotopic (exact) mass is 585 g/mol. The summed E-state index contributed by atoms with van der Waals surface area (Å²) in [5, 5.41) is 27.2. The zero-order chi connectivity index (χ0) is 30.6. The van der Waals surface area contributed by atoms with Crippen LogP contribution in [0.1, 0.15) is 23.6 Å². The van der Waals surface area contributed by atoms with E-state index in [0.717, 1.165) is 10.1 Å². The van der Waals surface area contributed by atoms with Crippen molar-refractivity contribution in [2.24, 2.45) is 5.10 Å². The maximum Gasteiger partial charge on any atom is 0.315 e. The highest BCUT2D eigenvalue weighted by Gasteiger charge is 2.23. The molecule has 0 amide bonds. The first-order valence-corrected chi connectivity index (χ1v) is 13.6. The van der Waals surface area contributed by atoms with Crippen LogP contribution in [0.2, 0.25) is 0 Å². The molecule has 6 aromatic rings. The summed E-state index contributed by atoms with van der Waals surface area (Å²) in [5.74, 6) is 0.513. The smallest absolute Gasteiger partial charge is 0.315 e. The Morgan fingerprint density at radius 1 is 1.05 bits per heavy atom. The summed E-state index contributed by atoms with van der Waals surface area (Å²) in [4.78, 5) is 29.9. The topological polar surface area (TPSA) is 146 Å². The highest BCUT2D eigenvalue weighted by molar-refractivity contribution is 5.86. The fraction of sp³-hybridized carbons (Fsp3) is 0.0909. The minimum atomic E-state index is -0.588. The van der Waals surface area contributed by atoms with Crippen molar-refractivity contribution in [1.82, 2.24) is 9.66 Å². The van der Waals surface area contributed by atoms with Gasteiger partial charge in [-0.05, 0) is 43.3 Å². The van der Waals surface area contributed by atoms with Crippen molar-refractivity contribution in [1.29, 1.82) is 5.26 Å². The van der Waals surface area contributed by atoms with E-state index in [2.05, 4.69) is 16.2 Å². The zero-order valence-corrected chi connectivity index (χ0v) is 23.3. The summed E-state index contributed by atoms with van der Waals surface area (Å²) >= 11 is 0. The van der Waals surface area contributed by atoms with E-state index in [1.807, 2.05) is 24.3 Å². The maximum absolute atomic E-state index is 13.6. The number of fused-ring (bicyclic) bond motifs is 2. The van der Waals surface area contributed by atoms with Crippen LogP contribution in [0.5, 0.6) is 11.5 Å². The number of benzene rings is 4. The highest BCUT2D eigenvalue weighted by atomic mass is 16.6. The molecule has 0 radical (unpaired) electrons. The second-order valence-corrected chi connectivity index (χ2v) is 9.58. The van der Waals surface area contributed by atoms with E-state index in [-0.39, 0.29) is 41.8 Å². The van der Waals surface area contributed by atoms with E-state index in [1.54, 1.807) is 61.5 Å². The Balaban J connectivity index is 1.44. The van der Waals surface area contributed by atoms with Crippen molar-refractivity contribution in [2.75, 3.05) is 6.61 Å². The molecule has 0 N–H and O–H groups in total. The predicted octanol–water partition coefficient (Wildman–Crippen LogP) is 6.45. The van der Waals surface area contributed by atoms with Gasteiger partial charge in [0.05, 0.1) is 40.3 Å². The van der Waals surface area contributed by atoms with Crippen molar-refractivity contribution >= 4 is 33.8 Å². The first-order chi connectivity index (χ1) is 21.5. The van der Waals surface area contributed by atoms with Gasteiger partial charge in [0, 0.05) is 22.6 Å². The molecule has 0 saturated carbocycles. The highest BCUT2D eigenvalue weighted by Crippen LogP contribution is 2.39. The molecule has 0 aliphatic rings. The van der Waals surface area contributed by atoms with Gasteiger partial charge >= 0.3 is 5.69 Å². The molecule has 6 rings (SSSR count). The molecule has 44 heavy (non-hydrogen) atoms. The van der Waals surface area contributed by atoms with Crippen LogP contribution >= 0.6 is 0 Å². The van der Waals surface area contributed by atoms with Gasteiger partial charge in [-0.3, -0.25) is 14.9 Å². The lowest BCUT2D eigenvalue weighted by Gasteiger charge is -2.14. The van der Waals surface area contributed by atoms with Crippen LogP contribution in [0.3, 0.4) is 0 Å². The number of nitro benzene ring substituents is 1. The van der Waals surface area contributed by atoms with E-state index in [1.165, 1.54) is 18.3 Å². The molecule has 4 aromatic carbocycles. The quantitative estimate of drug-likeness (QED) is 0.107. The number of nitriles is 1. The third-order valence-electron chi connectivity index (χ3n) is 6.79. The number of para-hydroxylation sites is 2. The predicted molar refractivity (Wildman–Crippen MR) is 164 cm³/mol. The molecule has 0 saturated heterocycles. The van der Waals surface area contributed by atoms with E-state index in [0.29, 0.717) is 33.4 Å². The van der Waals surface area contributed by atoms with E-state index in [9.17, 15) is 20.2 Å². The summed E-state index contributed by atoms with van der Waals surface area (Å²) in [6.45, 7) is 1.85. The molecule has 11 heteroatoms. The molecule has 11 nitrogen and oxygen atoms in total. The third kappa shape index (κ3) is 5.35. The summed E-state index contributed by atoms with van der Waals surface area (Å²) < 4.78 is 18.7. The van der Waals surface area contributed by atoms with Crippen LogP contribution in [0.15, 0.2) is 105 Å². The molecule has 0 bridgehead atoms. The Hall–Kier alpha value is -6.28. The molecule has 0 aliphatic heterocycles. The SMILES string of the molecule is CCOc1cc(C=Nn2c(-c3cc4ccccc4o3)nc3ccccc3c2=O)cc([N+](=O)[O-])c1OCc1ccccc1C#N. The standard InChI is InChI=1S/C33H23N5O6/c1-2-42-29-16-21(15-27(38(40)41)31(29)43-20-24-11-4-3-10-23(24)18-34)19-35-37-32(30-17-22-9-5-8-14-28(22)44-30)36-26-13-7-6-12-25(26)33(37)39/h3-17,19H,2,20H2,1H3. The first-order valence-electron chi connectivity index (χ1n) is 13.6. The van der Waals surface area contributed by atoms with Gasteiger partial charge in [-0.25, -0.2) is 4.98 Å². The average Bonchev–Trinajstić information content (AvgIpc) is 3.48. The lowest BCUT2D eigenvalue weighted by Crippen LogP contribution is -2.20. The third-order valence-corrected chi connectivity index (χ3v) is 6.79. The maximum atomic E-state index is 13.6. The molecular weight excluding hydrogens is 562 g/mol. The molecule has 216 valence electrons. The molecule has 2 aromatic heterocycles. The molecule has 0 atom stereocenters. The van der Waals surface area contributed by atoms with Gasteiger partial charge in [0.25, 0.3) is 5.56 Å². The van der Waals surface area contributed by atoms with Gasteiger partial charge in [-0.1, -0.05) is 48.5 Å². The molecule has 0 unspecified atom stereocenters. The Kier molecular flexibility index (Phi) is 7.54. The fourth-order valence-electron chi connectivity index (χ4n) is 4.74. The Bertz CT molecular complexity index is 2140. The van der Waals surface area contributed by atoms with Crippen molar-refractivity contribution in [3.05, 3.63) is 128 Å². The minimum Gasteiger partial charge on any atom is -0.490 e. The Morgan fingerprint density at radius 3 is 2.61 bits per heavy atom. The van der Waals surface area contributed by atoms with E-state index >= 15 is 0 Å². The first kappa shape index (κ1) is 27.9. The van der Waals surface area contributed by atoms with Crippen molar-refractivity contribution in [3.63, 3.8) is 0 Å².